The van der Waals surface area contributed by atoms with Gasteiger partial charge in [0.2, 0.25) is 0 Å². The smallest absolute Gasteiger partial charge is 0.308 e. The highest BCUT2D eigenvalue weighted by atomic mass is 16.5. The van der Waals surface area contributed by atoms with Crippen molar-refractivity contribution in [3.63, 3.8) is 0 Å². The summed E-state index contributed by atoms with van der Waals surface area (Å²) >= 11 is 0. The molecule has 2 atom stereocenters. The van der Waals surface area contributed by atoms with Crippen molar-refractivity contribution in [1.82, 2.24) is 0 Å². The quantitative estimate of drug-likeness (QED) is 0.716. The first-order valence-corrected chi connectivity index (χ1v) is 4.77. The fourth-order valence-electron chi connectivity index (χ4n) is 1.57. The molecule has 0 aromatic heterocycles. The van der Waals surface area contributed by atoms with Gasteiger partial charge in [-0.15, -0.1) is 0 Å². The molecule has 0 radical (unpaired) electrons. The Morgan fingerprint density at radius 1 is 1.62 bits per heavy atom. The average Bonchev–Trinajstić information content (AvgIpc) is 2.03. The van der Waals surface area contributed by atoms with Gasteiger partial charge < -0.3 is 9.84 Å². The van der Waals surface area contributed by atoms with Gasteiger partial charge in [-0.05, 0) is 25.2 Å². The van der Waals surface area contributed by atoms with E-state index in [0.29, 0.717) is 6.61 Å². The highest BCUT2D eigenvalue weighted by Crippen LogP contribution is 2.32. The third-order valence-electron chi connectivity index (χ3n) is 2.74. The molecule has 1 aliphatic rings. The highest BCUT2D eigenvalue weighted by Gasteiger charge is 2.32. The number of hydrogen-bond donors (Lipinski definition) is 1. The molecule has 1 rings (SSSR count). The maximum Gasteiger partial charge on any atom is 0.308 e. The number of hydrogen-bond acceptors (Lipinski definition) is 2. The van der Waals surface area contributed by atoms with Crippen molar-refractivity contribution in [2.24, 2.45) is 11.3 Å². The Morgan fingerprint density at radius 3 is 2.62 bits per heavy atom. The lowest BCUT2D eigenvalue weighted by Crippen LogP contribution is -2.37. The van der Waals surface area contributed by atoms with E-state index >= 15 is 0 Å². The van der Waals surface area contributed by atoms with Gasteiger partial charge in [-0.2, -0.15) is 0 Å². The molecule has 0 aromatic rings. The number of ether oxygens (including phenoxy) is 1. The van der Waals surface area contributed by atoms with Crippen LogP contribution in [0.25, 0.3) is 0 Å². The van der Waals surface area contributed by atoms with E-state index in [0.717, 1.165) is 12.8 Å². The van der Waals surface area contributed by atoms with Crippen LogP contribution in [0.4, 0.5) is 0 Å². The molecule has 0 spiro atoms. The third-order valence-corrected chi connectivity index (χ3v) is 2.74. The Hall–Kier alpha value is -0.570. The number of carboxylic acid groups (broad SMARTS) is 1. The van der Waals surface area contributed by atoms with Crippen LogP contribution in [0.3, 0.4) is 0 Å². The Kier molecular flexibility index (Phi) is 2.96. The van der Waals surface area contributed by atoms with Crippen LogP contribution < -0.4 is 0 Å². The van der Waals surface area contributed by atoms with Gasteiger partial charge >= 0.3 is 5.97 Å². The van der Waals surface area contributed by atoms with E-state index in [1.165, 1.54) is 0 Å². The summed E-state index contributed by atoms with van der Waals surface area (Å²) in [6, 6.07) is 0. The van der Waals surface area contributed by atoms with E-state index in [2.05, 4.69) is 13.8 Å². The second kappa shape index (κ2) is 3.66. The van der Waals surface area contributed by atoms with Crippen LogP contribution in [-0.2, 0) is 9.53 Å². The number of carbonyl (C=O) groups is 1. The second-order valence-corrected chi connectivity index (χ2v) is 4.68. The van der Waals surface area contributed by atoms with Crippen LogP contribution in [0.5, 0.6) is 0 Å². The summed E-state index contributed by atoms with van der Waals surface area (Å²) < 4.78 is 5.54. The molecular weight excluding hydrogens is 168 g/mol. The van der Waals surface area contributed by atoms with E-state index in [4.69, 9.17) is 9.84 Å². The summed E-state index contributed by atoms with van der Waals surface area (Å²) in [7, 11) is 0. The van der Waals surface area contributed by atoms with E-state index in [-0.39, 0.29) is 17.4 Å². The molecule has 1 saturated heterocycles. The van der Waals surface area contributed by atoms with Gasteiger partial charge in [0.05, 0.1) is 18.6 Å². The third kappa shape index (κ3) is 2.69. The van der Waals surface area contributed by atoms with Gasteiger partial charge in [0.1, 0.15) is 0 Å². The van der Waals surface area contributed by atoms with Gasteiger partial charge in [-0.3, -0.25) is 4.79 Å². The van der Waals surface area contributed by atoms with Crippen molar-refractivity contribution in [3.8, 4) is 0 Å². The molecule has 3 heteroatoms. The Labute approximate surface area is 79.1 Å². The van der Waals surface area contributed by atoms with Crippen molar-refractivity contribution in [2.75, 3.05) is 6.61 Å². The maximum absolute atomic E-state index is 10.7. The van der Waals surface area contributed by atoms with Crippen LogP contribution in [0, 0.1) is 11.3 Å². The molecule has 1 fully saturated rings. The SMILES string of the molecule is C[C@H](C(=O)O)C1CCC(C)(C)CO1. The second-order valence-electron chi connectivity index (χ2n) is 4.68. The standard InChI is InChI=1S/C10H18O3/c1-7(9(11)12)8-4-5-10(2,3)6-13-8/h7-8H,4-6H2,1-3H3,(H,11,12)/t7-,8?/m0/s1. The Bertz CT molecular complexity index is 188. The normalized spacial score (nSPS) is 29.6. The van der Waals surface area contributed by atoms with Crippen LogP contribution in [0.1, 0.15) is 33.6 Å². The first-order chi connectivity index (χ1) is 5.92. The lowest BCUT2D eigenvalue weighted by Gasteiger charge is -2.35. The first-order valence-electron chi connectivity index (χ1n) is 4.77. The van der Waals surface area contributed by atoms with Gasteiger partial charge in [0.25, 0.3) is 0 Å². The summed E-state index contributed by atoms with van der Waals surface area (Å²) in [6.45, 7) is 6.68. The molecule has 1 aliphatic heterocycles. The number of rotatable bonds is 2. The topological polar surface area (TPSA) is 46.5 Å². The molecule has 1 heterocycles. The molecule has 13 heavy (non-hydrogen) atoms. The zero-order valence-corrected chi connectivity index (χ0v) is 8.54. The average molecular weight is 186 g/mol. The van der Waals surface area contributed by atoms with Gasteiger partial charge in [-0.1, -0.05) is 13.8 Å². The lowest BCUT2D eigenvalue weighted by molar-refractivity contribution is -0.151. The molecule has 0 bridgehead atoms. The van der Waals surface area contributed by atoms with Gasteiger partial charge in [0.15, 0.2) is 0 Å². The van der Waals surface area contributed by atoms with Gasteiger partial charge in [-0.25, -0.2) is 0 Å². The summed E-state index contributed by atoms with van der Waals surface area (Å²) in [6.07, 6.45) is 1.82. The van der Waals surface area contributed by atoms with E-state index in [9.17, 15) is 4.79 Å². The molecule has 0 aliphatic carbocycles. The molecule has 0 aromatic carbocycles. The van der Waals surface area contributed by atoms with Gasteiger partial charge in [0, 0.05) is 0 Å². The fraction of sp³-hybridized carbons (Fsp3) is 0.900. The zero-order chi connectivity index (χ0) is 10.1. The van der Waals surface area contributed by atoms with E-state index < -0.39 is 5.97 Å². The van der Waals surface area contributed by atoms with Crippen molar-refractivity contribution in [1.29, 1.82) is 0 Å². The molecule has 1 N–H and O–H groups in total. The summed E-state index contributed by atoms with van der Waals surface area (Å²) in [4.78, 5) is 10.7. The molecule has 1 unspecified atom stereocenters. The Balaban J connectivity index is 2.45. The summed E-state index contributed by atoms with van der Waals surface area (Å²) in [5, 5.41) is 8.78. The minimum absolute atomic E-state index is 0.0921. The molecular formula is C10H18O3. The van der Waals surface area contributed by atoms with Crippen molar-refractivity contribution < 1.29 is 14.6 Å². The van der Waals surface area contributed by atoms with Crippen LogP contribution in [0.15, 0.2) is 0 Å². The predicted molar refractivity (Wildman–Crippen MR) is 49.6 cm³/mol. The maximum atomic E-state index is 10.7. The zero-order valence-electron chi connectivity index (χ0n) is 8.54. The number of carboxylic acids is 1. The summed E-state index contributed by atoms with van der Waals surface area (Å²) in [5.41, 5.74) is 0.217. The monoisotopic (exact) mass is 186 g/mol. The molecule has 0 saturated carbocycles. The van der Waals surface area contributed by atoms with E-state index in [1.807, 2.05) is 0 Å². The Morgan fingerprint density at radius 2 is 2.23 bits per heavy atom. The molecule has 3 nitrogen and oxygen atoms in total. The van der Waals surface area contributed by atoms with Crippen LogP contribution in [-0.4, -0.2) is 23.8 Å². The van der Waals surface area contributed by atoms with Crippen molar-refractivity contribution in [2.45, 2.75) is 39.7 Å². The highest BCUT2D eigenvalue weighted by molar-refractivity contribution is 5.70. The van der Waals surface area contributed by atoms with Crippen LogP contribution in [0.2, 0.25) is 0 Å². The minimum atomic E-state index is -0.760. The summed E-state index contributed by atoms with van der Waals surface area (Å²) in [5.74, 6) is -1.14. The fourth-order valence-corrected chi connectivity index (χ4v) is 1.57. The molecule has 76 valence electrons. The van der Waals surface area contributed by atoms with Crippen molar-refractivity contribution in [3.05, 3.63) is 0 Å². The van der Waals surface area contributed by atoms with E-state index in [1.54, 1.807) is 6.92 Å². The van der Waals surface area contributed by atoms with Crippen molar-refractivity contribution >= 4 is 5.97 Å². The van der Waals surface area contributed by atoms with Crippen LogP contribution >= 0.6 is 0 Å². The minimum Gasteiger partial charge on any atom is -0.481 e. The number of aliphatic carboxylic acids is 1. The first kappa shape index (κ1) is 10.5. The lowest BCUT2D eigenvalue weighted by atomic mass is 9.83. The molecule has 0 amide bonds. The predicted octanol–water partition coefficient (Wildman–Crippen LogP) is 1.91. The largest absolute Gasteiger partial charge is 0.481 e.